The van der Waals surface area contributed by atoms with Crippen LogP contribution in [0.3, 0.4) is 0 Å². The third-order valence-corrected chi connectivity index (χ3v) is 4.95. The van der Waals surface area contributed by atoms with E-state index in [9.17, 15) is 4.39 Å². The number of likely N-dealkylation sites (N-methyl/N-ethyl adjacent to an activating group) is 1. The summed E-state index contributed by atoms with van der Waals surface area (Å²) in [5.41, 5.74) is 2.08. The molecule has 2 aromatic carbocycles. The number of rotatable bonds is 8. The number of halogens is 1. The van der Waals surface area contributed by atoms with E-state index in [0.29, 0.717) is 0 Å². The zero-order valence-corrected chi connectivity index (χ0v) is 16.1. The molecule has 0 atom stereocenters. The van der Waals surface area contributed by atoms with Gasteiger partial charge < -0.3 is 14.5 Å². The van der Waals surface area contributed by atoms with Crippen LogP contribution in [0.25, 0.3) is 12.2 Å². The van der Waals surface area contributed by atoms with Crippen LogP contribution in [0.5, 0.6) is 5.75 Å². The standard InChI is InChI=1S/C23H29FN2O/c1-25-15-17-26(18-16-25)14-2-3-19-27-23-12-8-21(9-13-23)5-4-20-6-10-22(24)11-7-20/h4-13H,2-3,14-19H2,1H3. The van der Waals surface area contributed by atoms with Gasteiger partial charge in [0.15, 0.2) is 0 Å². The highest BCUT2D eigenvalue weighted by Gasteiger charge is 2.12. The summed E-state index contributed by atoms with van der Waals surface area (Å²) in [6.45, 7) is 6.66. The average molecular weight is 368 g/mol. The Labute approximate surface area is 162 Å². The average Bonchev–Trinajstić information content (AvgIpc) is 2.70. The van der Waals surface area contributed by atoms with Gasteiger partial charge in [-0.05, 0) is 61.8 Å². The number of unbranched alkanes of at least 4 members (excludes halogenated alkanes) is 1. The lowest BCUT2D eigenvalue weighted by molar-refractivity contribution is 0.150. The van der Waals surface area contributed by atoms with Crippen molar-refractivity contribution in [3.63, 3.8) is 0 Å². The summed E-state index contributed by atoms with van der Waals surface area (Å²) in [5, 5.41) is 0. The molecule has 3 nitrogen and oxygen atoms in total. The zero-order chi connectivity index (χ0) is 18.9. The fraction of sp³-hybridized carbons (Fsp3) is 0.391. The fourth-order valence-electron chi connectivity index (χ4n) is 3.14. The predicted octanol–water partition coefficient (Wildman–Crippen LogP) is 4.40. The second-order valence-electron chi connectivity index (χ2n) is 7.15. The van der Waals surface area contributed by atoms with Gasteiger partial charge in [-0.1, -0.05) is 36.4 Å². The molecule has 1 saturated heterocycles. The van der Waals surface area contributed by atoms with E-state index in [1.807, 2.05) is 36.4 Å². The summed E-state index contributed by atoms with van der Waals surface area (Å²) < 4.78 is 18.8. The largest absolute Gasteiger partial charge is 0.494 e. The topological polar surface area (TPSA) is 15.7 Å². The van der Waals surface area contributed by atoms with Gasteiger partial charge in [-0.3, -0.25) is 0 Å². The highest BCUT2D eigenvalue weighted by atomic mass is 19.1. The number of benzene rings is 2. The molecular weight excluding hydrogens is 339 g/mol. The van der Waals surface area contributed by atoms with E-state index in [4.69, 9.17) is 4.74 Å². The van der Waals surface area contributed by atoms with Crippen molar-refractivity contribution in [2.75, 3.05) is 46.4 Å². The van der Waals surface area contributed by atoms with E-state index < -0.39 is 0 Å². The quantitative estimate of drug-likeness (QED) is 0.507. The van der Waals surface area contributed by atoms with Crippen molar-refractivity contribution < 1.29 is 9.13 Å². The first-order chi connectivity index (χ1) is 13.2. The van der Waals surface area contributed by atoms with Crippen molar-refractivity contribution in [1.29, 1.82) is 0 Å². The van der Waals surface area contributed by atoms with Gasteiger partial charge in [-0.2, -0.15) is 0 Å². The Hall–Kier alpha value is -2.17. The monoisotopic (exact) mass is 368 g/mol. The second-order valence-corrected chi connectivity index (χ2v) is 7.15. The molecule has 0 radical (unpaired) electrons. The van der Waals surface area contributed by atoms with E-state index in [1.165, 1.54) is 51.3 Å². The van der Waals surface area contributed by atoms with Gasteiger partial charge in [0.1, 0.15) is 11.6 Å². The summed E-state index contributed by atoms with van der Waals surface area (Å²) in [5.74, 6) is 0.700. The Kier molecular flexibility index (Phi) is 7.43. The van der Waals surface area contributed by atoms with Crippen LogP contribution in [0.2, 0.25) is 0 Å². The molecule has 27 heavy (non-hydrogen) atoms. The molecule has 1 aliphatic rings. The first kappa shape index (κ1) is 19.6. The normalized spacial score (nSPS) is 16.1. The van der Waals surface area contributed by atoms with Crippen molar-refractivity contribution in [1.82, 2.24) is 9.80 Å². The number of hydrogen-bond donors (Lipinski definition) is 0. The number of piperazine rings is 1. The van der Waals surface area contributed by atoms with Crippen molar-refractivity contribution in [3.8, 4) is 5.75 Å². The van der Waals surface area contributed by atoms with Crippen LogP contribution >= 0.6 is 0 Å². The Morgan fingerprint density at radius 1 is 0.852 bits per heavy atom. The van der Waals surface area contributed by atoms with Crippen molar-refractivity contribution in [2.45, 2.75) is 12.8 Å². The molecule has 0 unspecified atom stereocenters. The third kappa shape index (κ3) is 6.81. The highest BCUT2D eigenvalue weighted by molar-refractivity contribution is 5.69. The fourth-order valence-corrected chi connectivity index (χ4v) is 3.14. The van der Waals surface area contributed by atoms with Crippen LogP contribution in [0.1, 0.15) is 24.0 Å². The molecule has 0 saturated carbocycles. The first-order valence-corrected chi connectivity index (χ1v) is 9.76. The SMILES string of the molecule is CN1CCN(CCCCOc2ccc(C=Cc3ccc(F)cc3)cc2)CC1. The summed E-state index contributed by atoms with van der Waals surface area (Å²) in [4.78, 5) is 4.93. The van der Waals surface area contributed by atoms with Crippen molar-refractivity contribution >= 4 is 12.2 Å². The van der Waals surface area contributed by atoms with Crippen LogP contribution in [-0.2, 0) is 0 Å². The van der Waals surface area contributed by atoms with Gasteiger partial charge in [0.05, 0.1) is 6.61 Å². The minimum atomic E-state index is -0.211. The second kappa shape index (κ2) is 10.2. The number of nitrogens with zero attached hydrogens (tertiary/aromatic N) is 2. The molecule has 4 heteroatoms. The lowest BCUT2D eigenvalue weighted by Gasteiger charge is -2.32. The number of hydrogen-bond acceptors (Lipinski definition) is 3. The molecule has 3 rings (SSSR count). The summed E-state index contributed by atoms with van der Waals surface area (Å²) in [6, 6.07) is 14.6. The predicted molar refractivity (Wildman–Crippen MR) is 110 cm³/mol. The molecule has 0 bridgehead atoms. The van der Waals surface area contributed by atoms with Crippen LogP contribution in [-0.4, -0.2) is 56.2 Å². The first-order valence-electron chi connectivity index (χ1n) is 9.76. The Balaban J connectivity index is 1.34. The molecule has 2 aromatic rings. The highest BCUT2D eigenvalue weighted by Crippen LogP contribution is 2.15. The van der Waals surface area contributed by atoms with Gasteiger partial charge in [0.25, 0.3) is 0 Å². The van der Waals surface area contributed by atoms with E-state index in [0.717, 1.165) is 29.9 Å². The maximum Gasteiger partial charge on any atom is 0.123 e. The molecule has 0 N–H and O–H groups in total. The molecule has 1 heterocycles. The van der Waals surface area contributed by atoms with E-state index in [2.05, 4.69) is 16.8 Å². The summed E-state index contributed by atoms with van der Waals surface area (Å²) in [6.07, 6.45) is 6.27. The van der Waals surface area contributed by atoms with Gasteiger partial charge >= 0.3 is 0 Å². The lowest BCUT2D eigenvalue weighted by Crippen LogP contribution is -2.44. The molecule has 1 aliphatic heterocycles. The zero-order valence-electron chi connectivity index (χ0n) is 16.1. The van der Waals surface area contributed by atoms with Crippen molar-refractivity contribution in [3.05, 3.63) is 65.5 Å². The Bertz CT molecular complexity index is 704. The van der Waals surface area contributed by atoms with Gasteiger partial charge in [0, 0.05) is 26.2 Å². The lowest BCUT2D eigenvalue weighted by atomic mass is 10.1. The van der Waals surface area contributed by atoms with E-state index in [1.54, 1.807) is 12.1 Å². The van der Waals surface area contributed by atoms with Gasteiger partial charge in [0.2, 0.25) is 0 Å². The Morgan fingerprint density at radius 3 is 2.07 bits per heavy atom. The van der Waals surface area contributed by atoms with Crippen LogP contribution < -0.4 is 4.74 Å². The summed E-state index contributed by atoms with van der Waals surface area (Å²) in [7, 11) is 2.19. The van der Waals surface area contributed by atoms with Crippen LogP contribution in [0.4, 0.5) is 4.39 Å². The van der Waals surface area contributed by atoms with Gasteiger partial charge in [-0.25, -0.2) is 4.39 Å². The molecule has 1 fully saturated rings. The Morgan fingerprint density at radius 2 is 1.44 bits per heavy atom. The third-order valence-electron chi connectivity index (χ3n) is 4.95. The van der Waals surface area contributed by atoms with Crippen LogP contribution in [0.15, 0.2) is 48.5 Å². The minimum absolute atomic E-state index is 0.211. The molecule has 0 aromatic heterocycles. The maximum atomic E-state index is 12.9. The van der Waals surface area contributed by atoms with Gasteiger partial charge in [-0.15, -0.1) is 0 Å². The molecule has 144 valence electrons. The summed E-state index contributed by atoms with van der Waals surface area (Å²) >= 11 is 0. The van der Waals surface area contributed by atoms with Crippen LogP contribution in [0, 0.1) is 5.82 Å². The molecular formula is C23H29FN2O. The van der Waals surface area contributed by atoms with E-state index >= 15 is 0 Å². The van der Waals surface area contributed by atoms with Crippen molar-refractivity contribution in [2.24, 2.45) is 0 Å². The van der Waals surface area contributed by atoms with E-state index in [-0.39, 0.29) is 5.82 Å². The maximum absolute atomic E-state index is 12.9. The minimum Gasteiger partial charge on any atom is -0.494 e. The molecule has 0 aliphatic carbocycles. The molecule has 0 amide bonds. The smallest absolute Gasteiger partial charge is 0.123 e. The molecule has 0 spiro atoms. The number of ether oxygens (including phenoxy) is 1.